The molecule has 0 bridgehead atoms. The first-order chi connectivity index (χ1) is 6.69. The smallest absolute Gasteiger partial charge is 0.317 e. The highest BCUT2D eigenvalue weighted by molar-refractivity contribution is 7.94. The van der Waals surface area contributed by atoms with Gasteiger partial charge in [0.15, 0.2) is 0 Å². The van der Waals surface area contributed by atoms with E-state index in [1.807, 2.05) is 0 Å². The molecule has 14 heavy (non-hydrogen) atoms. The van der Waals surface area contributed by atoms with E-state index in [0.717, 1.165) is 29.4 Å². The number of likely N-dealkylation sites (tertiary alicyclic amines) is 1. The highest BCUT2D eigenvalue weighted by Gasteiger charge is 2.25. The van der Waals surface area contributed by atoms with E-state index in [2.05, 4.69) is 5.32 Å². The summed E-state index contributed by atoms with van der Waals surface area (Å²) in [5, 5.41) is 17.1. The fourth-order valence-electron chi connectivity index (χ4n) is 1.53. The Morgan fingerprint density at radius 2 is 2.21 bits per heavy atom. The molecule has 0 radical (unpaired) electrons. The summed E-state index contributed by atoms with van der Waals surface area (Å²) in [5.74, 6) is 0. The van der Waals surface area contributed by atoms with E-state index >= 15 is 0 Å². The normalized spacial score (nSPS) is 18.7. The van der Waals surface area contributed by atoms with E-state index in [1.54, 1.807) is 11.9 Å². The number of amides is 2. The third-order valence-corrected chi connectivity index (χ3v) is 2.90. The average molecular weight is 220 g/mol. The number of hydrogen-bond donors (Lipinski definition) is 3. The van der Waals surface area contributed by atoms with E-state index in [9.17, 15) is 10.0 Å². The fraction of sp³-hybridized carbons (Fsp3) is 0.857. The number of rotatable bonds is 2. The zero-order valence-corrected chi connectivity index (χ0v) is 8.96. The summed E-state index contributed by atoms with van der Waals surface area (Å²) in [6.45, 7) is 1.31. The predicted octanol–water partition coefficient (Wildman–Crippen LogP) is 0.00330. The predicted molar refractivity (Wildman–Crippen MR) is 54.5 cm³/mol. The third kappa shape index (κ3) is 2.74. The summed E-state index contributed by atoms with van der Waals surface area (Å²) in [4.78, 5) is 12.9. The molecule has 4 N–H and O–H groups in total. The van der Waals surface area contributed by atoms with Crippen LogP contribution >= 0.6 is 12.1 Å². The zero-order chi connectivity index (χ0) is 10.6. The van der Waals surface area contributed by atoms with Crippen LogP contribution in [0.15, 0.2) is 0 Å². The molecule has 2 amide bonds. The van der Waals surface area contributed by atoms with Gasteiger partial charge in [-0.15, -0.1) is 4.47 Å². The molecule has 7 heteroatoms. The minimum absolute atomic E-state index is 0.0471. The topological polar surface area (TPSA) is 81.8 Å². The molecule has 1 aliphatic rings. The molecule has 6 nitrogen and oxygen atoms in total. The SMILES string of the molecule is CNC(=O)N1CCC(N(O)SN)CC1. The van der Waals surface area contributed by atoms with Crippen LogP contribution in [0.2, 0.25) is 0 Å². The van der Waals surface area contributed by atoms with Crippen molar-refractivity contribution < 1.29 is 10.0 Å². The molecule has 1 saturated heterocycles. The van der Waals surface area contributed by atoms with E-state index in [1.165, 1.54) is 0 Å². The molecule has 1 aliphatic heterocycles. The lowest BCUT2D eigenvalue weighted by Gasteiger charge is -2.33. The Morgan fingerprint density at radius 3 is 2.64 bits per heavy atom. The number of nitrogens with zero attached hydrogens (tertiary/aromatic N) is 2. The first-order valence-corrected chi connectivity index (χ1v) is 5.34. The summed E-state index contributed by atoms with van der Waals surface area (Å²) in [7, 11) is 1.61. The molecule has 0 aromatic rings. The molecule has 0 aliphatic carbocycles. The maximum absolute atomic E-state index is 11.2. The van der Waals surface area contributed by atoms with Crippen molar-refractivity contribution in [3.8, 4) is 0 Å². The Hall–Kier alpha value is -0.500. The van der Waals surface area contributed by atoms with Crippen LogP contribution in [0.25, 0.3) is 0 Å². The molecule has 0 saturated carbocycles. The molecule has 0 atom stereocenters. The van der Waals surface area contributed by atoms with Gasteiger partial charge in [0.25, 0.3) is 0 Å². The van der Waals surface area contributed by atoms with Gasteiger partial charge < -0.3 is 15.4 Å². The summed E-state index contributed by atoms with van der Waals surface area (Å²) in [6.07, 6.45) is 1.49. The van der Waals surface area contributed by atoms with Crippen LogP contribution < -0.4 is 10.5 Å². The third-order valence-electron chi connectivity index (χ3n) is 2.39. The Balaban J connectivity index is 2.34. The Kier molecular flexibility index (Phi) is 4.46. The van der Waals surface area contributed by atoms with Gasteiger partial charge in [0.05, 0.1) is 6.04 Å². The largest absolute Gasteiger partial charge is 0.341 e. The van der Waals surface area contributed by atoms with Gasteiger partial charge in [0.1, 0.15) is 0 Å². The molecule has 1 rings (SSSR count). The van der Waals surface area contributed by atoms with Crippen molar-refractivity contribution in [3.05, 3.63) is 0 Å². The maximum Gasteiger partial charge on any atom is 0.317 e. The summed E-state index contributed by atoms with van der Waals surface area (Å²) in [5.41, 5.74) is 0. The van der Waals surface area contributed by atoms with Gasteiger partial charge in [-0.05, 0) is 12.8 Å². The van der Waals surface area contributed by atoms with Crippen LogP contribution in [-0.2, 0) is 0 Å². The van der Waals surface area contributed by atoms with E-state index < -0.39 is 0 Å². The molecular formula is C7H16N4O2S. The van der Waals surface area contributed by atoms with Gasteiger partial charge in [0.2, 0.25) is 0 Å². The molecular weight excluding hydrogens is 204 g/mol. The van der Waals surface area contributed by atoms with Crippen molar-refractivity contribution in [2.45, 2.75) is 18.9 Å². The minimum Gasteiger partial charge on any atom is -0.341 e. The van der Waals surface area contributed by atoms with Gasteiger partial charge in [0, 0.05) is 32.3 Å². The number of urea groups is 1. The van der Waals surface area contributed by atoms with Crippen molar-refractivity contribution in [3.63, 3.8) is 0 Å². The van der Waals surface area contributed by atoms with Gasteiger partial charge >= 0.3 is 6.03 Å². The Bertz CT molecular complexity index is 196. The van der Waals surface area contributed by atoms with E-state index in [4.69, 9.17) is 5.14 Å². The second-order valence-corrected chi connectivity index (χ2v) is 3.77. The zero-order valence-electron chi connectivity index (χ0n) is 8.14. The molecule has 82 valence electrons. The van der Waals surface area contributed by atoms with Gasteiger partial charge in [-0.3, -0.25) is 5.14 Å². The maximum atomic E-state index is 11.2. The molecule has 1 heterocycles. The first kappa shape index (κ1) is 11.6. The van der Waals surface area contributed by atoms with Crippen LogP contribution in [0, 0.1) is 0 Å². The molecule has 1 fully saturated rings. The number of nitrogens with one attached hydrogen (secondary N) is 1. The second-order valence-electron chi connectivity index (χ2n) is 3.18. The lowest BCUT2D eigenvalue weighted by Crippen LogP contribution is -2.47. The fourth-order valence-corrected chi connectivity index (χ4v) is 1.92. The lowest BCUT2D eigenvalue weighted by atomic mass is 10.1. The van der Waals surface area contributed by atoms with Crippen LogP contribution in [0.4, 0.5) is 4.79 Å². The van der Waals surface area contributed by atoms with Crippen LogP contribution in [0.1, 0.15) is 12.8 Å². The average Bonchev–Trinajstić information content (AvgIpc) is 2.27. The van der Waals surface area contributed by atoms with Crippen LogP contribution in [0.5, 0.6) is 0 Å². The van der Waals surface area contributed by atoms with Crippen molar-refractivity contribution in [2.75, 3.05) is 20.1 Å². The summed E-state index contributed by atoms with van der Waals surface area (Å²) in [6, 6.07) is -0.0146. The minimum atomic E-state index is -0.0617. The molecule has 0 aromatic carbocycles. The van der Waals surface area contributed by atoms with Gasteiger partial charge in [-0.25, -0.2) is 4.79 Å². The van der Waals surface area contributed by atoms with Crippen molar-refractivity contribution in [2.24, 2.45) is 5.14 Å². The number of hydroxylamine groups is 1. The van der Waals surface area contributed by atoms with Crippen molar-refractivity contribution >= 4 is 18.2 Å². The standard InChI is InChI=1S/C7H16N4O2S/c1-9-7(12)10-4-2-6(3-5-10)11(13)14-8/h6,13H,2-5,8H2,1H3,(H,9,12). The van der Waals surface area contributed by atoms with Gasteiger partial charge in [-0.1, -0.05) is 0 Å². The van der Waals surface area contributed by atoms with E-state index in [0.29, 0.717) is 13.1 Å². The van der Waals surface area contributed by atoms with Crippen molar-refractivity contribution in [1.82, 2.24) is 14.7 Å². The number of hydrogen-bond acceptors (Lipinski definition) is 5. The summed E-state index contributed by atoms with van der Waals surface area (Å²) >= 11 is 0.816. The Morgan fingerprint density at radius 1 is 1.64 bits per heavy atom. The Labute approximate surface area is 87.6 Å². The number of carbonyl (C=O) groups is 1. The second kappa shape index (κ2) is 5.40. The molecule has 0 spiro atoms. The number of nitrogens with two attached hydrogens (primary N) is 1. The van der Waals surface area contributed by atoms with E-state index in [-0.39, 0.29) is 12.1 Å². The number of carbonyl (C=O) groups excluding carboxylic acids is 1. The number of piperidine rings is 1. The quantitative estimate of drug-likeness (QED) is 0.451. The lowest BCUT2D eigenvalue weighted by molar-refractivity contribution is -0.0399. The molecule has 0 aromatic heterocycles. The molecule has 0 unspecified atom stereocenters. The van der Waals surface area contributed by atoms with Crippen LogP contribution in [0.3, 0.4) is 0 Å². The van der Waals surface area contributed by atoms with Gasteiger partial charge in [-0.2, -0.15) is 0 Å². The van der Waals surface area contributed by atoms with Crippen molar-refractivity contribution in [1.29, 1.82) is 0 Å². The highest BCUT2D eigenvalue weighted by atomic mass is 32.2. The monoisotopic (exact) mass is 220 g/mol. The summed E-state index contributed by atoms with van der Waals surface area (Å²) < 4.78 is 1.06. The first-order valence-electron chi connectivity index (χ1n) is 4.50. The van der Waals surface area contributed by atoms with Crippen LogP contribution in [-0.4, -0.2) is 46.8 Å². The highest BCUT2D eigenvalue weighted by Crippen LogP contribution is 2.18.